The van der Waals surface area contributed by atoms with E-state index in [0.29, 0.717) is 11.6 Å². The van der Waals surface area contributed by atoms with E-state index in [4.69, 9.17) is 0 Å². The summed E-state index contributed by atoms with van der Waals surface area (Å²) in [6.45, 7) is 5.84. The second-order valence-corrected chi connectivity index (χ2v) is 7.75. The summed E-state index contributed by atoms with van der Waals surface area (Å²) in [6, 6.07) is 9.03. The van der Waals surface area contributed by atoms with E-state index in [1.54, 1.807) is 6.07 Å². The minimum absolute atomic E-state index is 0.0437. The molecule has 2 heterocycles. The quantitative estimate of drug-likeness (QED) is 0.504. The molecule has 6 nitrogen and oxygen atoms in total. The van der Waals surface area contributed by atoms with Crippen LogP contribution in [-0.2, 0) is 17.8 Å². The van der Waals surface area contributed by atoms with Crippen LogP contribution in [0.15, 0.2) is 41.5 Å². The predicted octanol–water partition coefficient (Wildman–Crippen LogP) is 3.82. The number of H-pyrrole nitrogens is 1. The smallest absolute Gasteiger partial charge is 0.418 e. The Kier molecular flexibility index (Phi) is 5.30. The number of aromatic amines is 1. The van der Waals surface area contributed by atoms with Crippen molar-refractivity contribution in [3.63, 3.8) is 0 Å². The second kappa shape index (κ2) is 7.81. The number of carbonyl (C=O) groups is 1. The summed E-state index contributed by atoms with van der Waals surface area (Å²) >= 11 is 0. The van der Waals surface area contributed by atoms with Crippen molar-refractivity contribution >= 4 is 16.9 Å². The van der Waals surface area contributed by atoms with Gasteiger partial charge in [-0.05, 0) is 54.7 Å². The normalized spacial score (nSPS) is 14.6. The van der Waals surface area contributed by atoms with E-state index < -0.39 is 23.5 Å². The van der Waals surface area contributed by atoms with E-state index >= 15 is 0 Å². The lowest BCUT2D eigenvalue weighted by molar-refractivity contribution is -0.189. The predicted molar refractivity (Wildman–Crippen MR) is 109 cm³/mol. The molecule has 3 aromatic rings. The van der Waals surface area contributed by atoms with Gasteiger partial charge in [0.1, 0.15) is 5.52 Å². The number of esters is 1. The fraction of sp³-hybridized carbons (Fsp3) is 0.318. The highest BCUT2D eigenvalue weighted by atomic mass is 19.4. The zero-order valence-corrected chi connectivity index (χ0v) is 16.9. The standard InChI is InChI=1S/C22H20F3N3O3/c1-12(2)28-7-6-16-13(10-28)4-3-5-15(16)14-8-17-19(26-11-27-20(17)29)18(9-14)31-21(30)22(23,24)25/h3-5,8-9,11-12H,6-7,10H2,1-2H3,(H,26,27,29). The van der Waals surface area contributed by atoms with Crippen LogP contribution in [0.25, 0.3) is 22.0 Å². The molecule has 1 aliphatic heterocycles. The summed E-state index contributed by atoms with van der Waals surface area (Å²) in [5.41, 5.74) is 2.81. The van der Waals surface area contributed by atoms with Crippen molar-refractivity contribution in [2.45, 2.75) is 39.0 Å². The van der Waals surface area contributed by atoms with Crippen molar-refractivity contribution in [3.8, 4) is 16.9 Å². The zero-order chi connectivity index (χ0) is 22.3. The van der Waals surface area contributed by atoms with Gasteiger partial charge in [-0.2, -0.15) is 13.2 Å². The Morgan fingerprint density at radius 3 is 2.74 bits per heavy atom. The Morgan fingerprint density at radius 2 is 2.03 bits per heavy atom. The first-order valence-corrected chi connectivity index (χ1v) is 9.81. The van der Waals surface area contributed by atoms with Crippen molar-refractivity contribution in [1.29, 1.82) is 0 Å². The zero-order valence-electron chi connectivity index (χ0n) is 16.9. The number of aromatic nitrogens is 2. The van der Waals surface area contributed by atoms with E-state index in [1.165, 1.54) is 6.07 Å². The molecule has 0 unspecified atom stereocenters. The number of alkyl halides is 3. The average molecular weight is 431 g/mol. The van der Waals surface area contributed by atoms with Crippen LogP contribution in [-0.4, -0.2) is 39.6 Å². The van der Waals surface area contributed by atoms with Crippen molar-refractivity contribution < 1.29 is 22.7 Å². The molecule has 0 amide bonds. The molecular formula is C22H20F3N3O3. The topological polar surface area (TPSA) is 75.3 Å². The average Bonchev–Trinajstić information content (AvgIpc) is 2.72. The molecule has 0 radical (unpaired) electrons. The molecular weight excluding hydrogens is 411 g/mol. The molecule has 4 rings (SSSR count). The Bertz CT molecular complexity index is 1220. The molecule has 0 atom stereocenters. The molecule has 0 aliphatic carbocycles. The van der Waals surface area contributed by atoms with Crippen LogP contribution in [0.3, 0.4) is 0 Å². The third-order valence-corrected chi connectivity index (χ3v) is 5.48. The highest BCUT2D eigenvalue weighted by Crippen LogP contribution is 2.36. The van der Waals surface area contributed by atoms with Crippen molar-refractivity contribution in [1.82, 2.24) is 14.9 Å². The molecule has 2 aromatic carbocycles. The van der Waals surface area contributed by atoms with Crippen LogP contribution in [0.1, 0.15) is 25.0 Å². The Morgan fingerprint density at radius 1 is 1.26 bits per heavy atom. The van der Waals surface area contributed by atoms with Crippen LogP contribution in [0.2, 0.25) is 0 Å². The van der Waals surface area contributed by atoms with E-state index in [-0.39, 0.29) is 10.9 Å². The SMILES string of the molecule is CC(C)N1CCc2c(cccc2-c2cc(OC(=O)C(F)(F)F)c3nc[nH]c(=O)c3c2)C1. The molecule has 1 aromatic heterocycles. The summed E-state index contributed by atoms with van der Waals surface area (Å²) in [5, 5.41) is 0.0437. The van der Waals surface area contributed by atoms with Gasteiger partial charge in [-0.25, -0.2) is 9.78 Å². The Balaban J connectivity index is 1.86. The third-order valence-electron chi connectivity index (χ3n) is 5.48. The fourth-order valence-electron chi connectivity index (χ4n) is 3.88. The molecule has 0 saturated carbocycles. The van der Waals surface area contributed by atoms with Gasteiger partial charge in [0.15, 0.2) is 5.75 Å². The highest BCUT2D eigenvalue weighted by molar-refractivity contribution is 5.92. The van der Waals surface area contributed by atoms with Crippen LogP contribution in [0.5, 0.6) is 5.75 Å². The summed E-state index contributed by atoms with van der Waals surface area (Å²) in [4.78, 5) is 32.5. The Labute approximate surface area is 175 Å². The van der Waals surface area contributed by atoms with Crippen LogP contribution in [0, 0.1) is 0 Å². The van der Waals surface area contributed by atoms with Crippen LogP contribution >= 0.6 is 0 Å². The summed E-state index contributed by atoms with van der Waals surface area (Å²) in [6.07, 6.45) is -3.36. The minimum atomic E-state index is -5.17. The highest BCUT2D eigenvalue weighted by Gasteiger charge is 2.41. The minimum Gasteiger partial charge on any atom is -0.418 e. The first kappa shape index (κ1) is 21.0. The van der Waals surface area contributed by atoms with Gasteiger partial charge in [0, 0.05) is 19.1 Å². The maximum Gasteiger partial charge on any atom is 0.491 e. The number of hydrogen-bond donors (Lipinski definition) is 1. The number of nitrogens with one attached hydrogen (secondary N) is 1. The molecule has 1 aliphatic rings. The Hall–Kier alpha value is -3.20. The number of hydrogen-bond acceptors (Lipinski definition) is 5. The second-order valence-electron chi connectivity index (χ2n) is 7.75. The summed E-state index contributed by atoms with van der Waals surface area (Å²) in [5.74, 6) is -2.77. The largest absolute Gasteiger partial charge is 0.491 e. The number of fused-ring (bicyclic) bond motifs is 2. The van der Waals surface area contributed by atoms with E-state index in [2.05, 4.69) is 33.5 Å². The van der Waals surface area contributed by atoms with Crippen LogP contribution < -0.4 is 10.3 Å². The van der Waals surface area contributed by atoms with Gasteiger partial charge < -0.3 is 9.72 Å². The summed E-state index contributed by atoms with van der Waals surface area (Å²) in [7, 11) is 0. The molecule has 0 bridgehead atoms. The molecule has 0 saturated heterocycles. The fourth-order valence-corrected chi connectivity index (χ4v) is 3.88. The molecule has 162 valence electrons. The monoisotopic (exact) mass is 431 g/mol. The van der Waals surface area contributed by atoms with Gasteiger partial charge in [-0.1, -0.05) is 18.2 Å². The molecule has 31 heavy (non-hydrogen) atoms. The summed E-state index contributed by atoms with van der Waals surface area (Å²) < 4.78 is 43.0. The molecule has 0 fully saturated rings. The maximum absolute atomic E-state index is 12.8. The first-order chi connectivity index (χ1) is 14.6. The number of benzene rings is 2. The van der Waals surface area contributed by atoms with Gasteiger partial charge >= 0.3 is 12.1 Å². The number of ether oxygens (including phenoxy) is 1. The lowest BCUT2D eigenvalue weighted by Gasteiger charge is -2.33. The van der Waals surface area contributed by atoms with Crippen LogP contribution in [0.4, 0.5) is 13.2 Å². The lowest BCUT2D eigenvalue weighted by Crippen LogP contribution is -2.36. The number of halogens is 3. The number of nitrogens with zero attached hydrogens (tertiary/aromatic N) is 2. The van der Waals surface area contributed by atoms with Gasteiger partial charge in [0.05, 0.1) is 11.7 Å². The number of rotatable bonds is 3. The van der Waals surface area contributed by atoms with Gasteiger partial charge in [0.2, 0.25) is 0 Å². The van der Waals surface area contributed by atoms with Crippen molar-refractivity contribution in [2.75, 3.05) is 6.54 Å². The third kappa shape index (κ3) is 4.05. The molecule has 0 spiro atoms. The van der Waals surface area contributed by atoms with Gasteiger partial charge in [-0.15, -0.1) is 0 Å². The molecule has 1 N–H and O–H groups in total. The lowest BCUT2D eigenvalue weighted by atomic mass is 9.90. The van der Waals surface area contributed by atoms with E-state index in [9.17, 15) is 22.8 Å². The number of carbonyl (C=O) groups excluding carboxylic acids is 1. The molecule has 9 heteroatoms. The van der Waals surface area contributed by atoms with Gasteiger partial charge in [0.25, 0.3) is 5.56 Å². The first-order valence-electron chi connectivity index (χ1n) is 9.81. The maximum atomic E-state index is 12.8. The van der Waals surface area contributed by atoms with Crippen molar-refractivity contribution in [3.05, 3.63) is 58.1 Å². The van der Waals surface area contributed by atoms with Crippen molar-refractivity contribution in [2.24, 2.45) is 0 Å². The van der Waals surface area contributed by atoms with Gasteiger partial charge in [-0.3, -0.25) is 9.69 Å². The van der Waals surface area contributed by atoms with E-state index in [1.807, 2.05) is 18.2 Å². The van der Waals surface area contributed by atoms with E-state index in [0.717, 1.165) is 42.5 Å².